The molecule has 0 radical (unpaired) electrons. The SMILES string of the molecule is O=C(COC(=O)c1cc2c(cc1[N+](=O)[O-])OCCO2)Nc1ccc(N2CCOCC2)cc1. The average molecular weight is 443 g/mol. The molecule has 11 nitrogen and oxygen atoms in total. The Kier molecular flexibility index (Phi) is 6.36. The zero-order valence-corrected chi connectivity index (χ0v) is 17.1. The molecule has 32 heavy (non-hydrogen) atoms. The van der Waals surface area contributed by atoms with E-state index in [1.165, 1.54) is 6.07 Å². The summed E-state index contributed by atoms with van der Waals surface area (Å²) in [5.74, 6) is -1.19. The summed E-state index contributed by atoms with van der Waals surface area (Å²) in [7, 11) is 0. The van der Waals surface area contributed by atoms with Crippen molar-refractivity contribution in [1.82, 2.24) is 0 Å². The van der Waals surface area contributed by atoms with Crippen LogP contribution in [0.1, 0.15) is 10.4 Å². The van der Waals surface area contributed by atoms with Crippen molar-refractivity contribution in [2.45, 2.75) is 0 Å². The summed E-state index contributed by atoms with van der Waals surface area (Å²) < 4.78 is 21.0. The topological polar surface area (TPSA) is 129 Å². The number of benzene rings is 2. The third-order valence-electron chi connectivity index (χ3n) is 4.94. The van der Waals surface area contributed by atoms with Crippen molar-refractivity contribution in [2.75, 3.05) is 56.3 Å². The number of rotatable bonds is 6. The van der Waals surface area contributed by atoms with Gasteiger partial charge in [0.2, 0.25) is 0 Å². The van der Waals surface area contributed by atoms with Crippen LogP contribution in [0.25, 0.3) is 0 Å². The number of hydrogen-bond acceptors (Lipinski definition) is 9. The van der Waals surface area contributed by atoms with E-state index in [2.05, 4.69) is 10.2 Å². The third kappa shape index (κ3) is 4.89. The summed E-state index contributed by atoms with van der Waals surface area (Å²) >= 11 is 0. The number of ether oxygens (including phenoxy) is 4. The second-order valence-corrected chi connectivity index (χ2v) is 7.04. The van der Waals surface area contributed by atoms with Gasteiger partial charge in [-0.05, 0) is 24.3 Å². The Hall–Kier alpha value is -3.86. The number of esters is 1. The van der Waals surface area contributed by atoms with Gasteiger partial charge in [0.25, 0.3) is 11.6 Å². The highest BCUT2D eigenvalue weighted by atomic mass is 16.6. The van der Waals surface area contributed by atoms with Crippen molar-refractivity contribution in [3.8, 4) is 11.5 Å². The van der Waals surface area contributed by atoms with Crippen LogP contribution < -0.4 is 19.7 Å². The van der Waals surface area contributed by atoms with Crippen molar-refractivity contribution in [2.24, 2.45) is 0 Å². The van der Waals surface area contributed by atoms with Crippen LogP contribution in [0.3, 0.4) is 0 Å². The minimum Gasteiger partial charge on any atom is -0.486 e. The Balaban J connectivity index is 1.36. The van der Waals surface area contributed by atoms with Gasteiger partial charge >= 0.3 is 5.97 Å². The van der Waals surface area contributed by atoms with Gasteiger partial charge in [0.15, 0.2) is 18.1 Å². The molecule has 0 spiro atoms. The van der Waals surface area contributed by atoms with Gasteiger partial charge < -0.3 is 29.2 Å². The van der Waals surface area contributed by atoms with Gasteiger partial charge in [-0.25, -0.2) is 4.79 Å². The smallest absolute Gasteiger partial charge is 0.345 e. The Morgan fingerprint density at radius 1 is 1.03 bits per heavy atom. The van der Waals surface area contributed by atoms with Gasteiger partial charge in [0.05, 0.1) is 24.2 Å². The first-order chi connectivity index (χ1) is 15.5. The highest BCUT2D eigenvalue weighted by Gasteiger charge is 2.27. The van der Waals surface area contributed by atoms with E-state index in [1.54, 1.807) is 12.1 Å². The van der Waals surface area contributed by atoms with E-state index < -0.39 is 29.1 Å². The van der Waals surface area contributed by atoms with Crippen molar-refractivity contribution >= 4 is 28.9 Å². The molecule has 0 unspecified atom stereocenters. The molecule has 2 aliphatic heterocycles. The largest absolute Gasteiger partial charge is 0.486 e. The molecule has 0 bridgehead atoms. The predicted molar refractivity (Wildman–Crippen MR) is 112 cm³/mol. The minimum atomic E-state index is -1.01. The van der Waals surface area contributed by atoms with Gasteiger partial charge in [0.1, 0.15) is 18.8 Å². The molecule has 0 aliphatic carbocycles. The first kappa shape index (κ1) is 21.4. The molecule has 2 aromatic carbocycles. The summed E-state index contributed by atoms with van der Waals surface area (Å²) in [6.07, 6.45) is 0. The number of hydrogen-bond donors (Lipinski definition) is 1. The second kappa shape index (κ2) is 9.52. The van der Waals surface area contributed by atoms with E-state index in [0.29, 0.717) is 18.9 Å². The number of morpholine rings is 1. The maximum Gasteiger partial charge on any atom is 0.345 e. The van der Waals surface area contributed by atoms with E-state index >= 15 is 0 Å². The molecule has 1 saturated heterocycles. The molecule has 0 atom stereocenters. The van der Waals surface area contributed by atoms with Crippen LogP contribution in [0.5, 0.6) is 11.5 Å². The van der Waals surface area contributed by atoms with E-state index in [4.69, 9.17) is 18.9 Å². The molecule has 0 aromatic heterocycles. The van der Waals surface area contributed by atoms with Crippen LogP contribution in [-0.4, -0.2) is 62.9 Å². The Bertz CT molecular complexity index is 1020. The number of anilines is 2. The quantitative estimate of drug-likeness (QED) is 0.405. The van der Waals surface area contributed by atoms with Gasteiger partial charge in [-0.15, -0.1) is 0 Å². The number of carbonyl (C=O) groups is 2. The maximum atomic E-state index is 12.4. The molecule has 1 N–H and O–H groups in total. The summed E-state index contributed by atoms with van der Waals surface area (Å²) in [5, 5.41) is 14.0. The molecule has 11 heteroatoms. The monoisotopic (exact) mass is 443 g/mol. The van der Waals surface area contributed by atoms with E-state index in [0.717, 1.165) is 24.8 Å². The van der Waals surface area contributed by atoms with Crippen molar-refractivity contribution < 1.29 is 33.5 Å². The number of nitrogens with zero attached hydrogens (tertiary/aromatic N) is 2. The second-order valence-electron chi connectivity index (χ2n) is 7.04. The molecule has 0 saturated carbocycles. The van der Waals surface area contributed by atoms with E-state index in [-0.39, 0.29) is 30.3 Å². The van der Waals surface area contributed by atoms with Crippen LogP contribution in [0.15, 0.2) is 36.4 Å². The molecule has 1 fully saturated rings. The number of fused-ring (bicyclic) bond motifs is 1. The highest BCUT2D eigenvalue weighted by molar-refractivity contribution is 5.98. The average Bonchev–Trinajstić information content (AvgIpc) is 2.82. The molecule has 2 aliphatic rings. The Morgan fingerprint density at radius 2 is 1.69 bits per heavy atom. The first-order valence-electron chi connectivity index (χ1n) is 9.99. The number of carbonyl (C=O) groups excluding carboxylic acids is 2. The molecule has 4 rings (SSSR count). The van der Waals surface area contributed by atoms with Gasteiger partial charge in [0, 0.05) is 30.5 Å². The normalized spacial score (nSPS) is 15.1. The Labute approximate surface area is 183 Å². The lowest BCUT2D eigenvalue weighted by molar-refractivity contribution is -0.385. The van der Waals surface area contributed by atoms with Crippen LogP contribution in [0.2, 0.25) is 0 Å². The fourth-order valence-corrected chi connectivity index (χ4v) is 3.38. The van der Waals surface area contributed by atoms with Gasteiger partial charge in [-0.3, -0.25) is 14.9 Å². The molecular weight excluding hydrogens is 422 g/mol. The molecule has 2 heterocycles. The lowest BCUT2D eigenvalue weighted by atomic mass is 10.1. The fourth-order valence-electron chi connectivity index (χ4n) is 3.38. The Morgan fingerprint density at radius 3 is 2.34 bits per heavy atom. The first-order valence-corrected chi connectivity index (χ1v) is 9.99. The molecule has 168 valence electrons. The van der Waals surface area contributed by atoms with Gasteiger partial charge in [-0.1, -0.05) is 0 Å². The van der Waals surface area contributed by atoms with Gasteiger partial charge in [-0.2, -0.15) is 0 Å². The molecule has 1 amide bonds. The lowest BCUT2D eigenvalue weighted by Gasteiger charge is -2.28. The number of nitrogens with one attached hydrogen (secondary N) is 1. The fraction of sp³-hybridized carbons (Fsp3) is 0.333. The van der Waals surface area contributed by atoms with Crippen LogP contribution in [-0.2, 0) is 14.3 Å². The molecule has 2 aromatic rings. The maximum absolute atomic E-state index is 12.4. The highest BCUT2D eigenvalue weighted by Crippen LogP contribution is 2.36. The van der Waals surface area contributed by atoms with Crippen molar-refractivity contribution in [3.05, 3.63) is 52.1 Å². The molecular formula is C21H21N3O8. The number of amides is 1. The van der Waals surface area contributed by atoms with E-state index in [9.17, 15) is 19.7 Å². The number of nitro groups is 1. The van der Waals surface area contributed by atoms with Crippen molar-refractivity contribution in [1.29, 1.82) is 0 Å². The summed E-state index contributed by atoms with van der Waals surface area (Å²) in [5.41, 5.74) is 0.747. The lowest BCUT2D eigenvalue weighted by Crippen LogP contribution is -2.36. The summed E-state index contributed by atoms with van der Waals surface area (Å²) in [4.78, 5) is 37.4. The van der Waals surface area contributed by atoms with Crippen molar-refractivity contribution in [3.63, 3.8) is 0 Å². The number of nitro benzene ring substituents is 1. The standard InChI is InChI=1S/C21H21N3O8/c25-20(22-14-1-3-15(4-2-14)23-5-7-29-8-6-23)13-32-21(26)16-11-18-19(31-10-9-30-18)12-17(16)24(27)28/h1-4,11-12H,5-10,13H2,(H,22,25). The van der Waals surface area contributed by atoms with E-state index in [1.807, 2.05) is 12.1 Å². The van der Waals surface area contributed by atoms with Crippen LogP contribution in [0, 0.1) is 10.1 Å². The zero-order chi connectivity index (χ0) is 22.5. The van der Waals surface area contributed by atoms with Crippen LogP contribution in [0.4, 0.5) is 17.1 Å². The minimum absolute atomic E-state index is 0.178. The third-order valence-corrected chi connectivity index (χ3v) is 4.94. The zero-order valence-electron chi connectivity index (χ0n) is 17.1. The summed E-state index contributed by atoms with van der Waals surface area (Å²) in [6.45, 7) is 2.85. The van der Waals surface area contributed by atoms with Crippen LogP contribution >= 0.6 is 0 Å². The predicted octanol–water partition coefficient (Wildman–Crippen LogP) is 2.00. The summed E-state index contributed by atoms with van der Waals surface area (Å²) in [6, 6.07) is 9.56.